The van der Waals surface area contributed by atoms with Gasteiger partial charge in [0.1, 0.15) is 22.6 Å². The third kappa shape index (κ3) is 6.85. The first-order valence-corrected chi connectivity index (χ1v) is 9.87. The van der Waals surface area contributed by atoms with E-state index in [9.17, 15) is 0 Å². The summed E-state index contributed by atoms with van der Waals surface area (Å²) in [6, 6.07) is 14.4. The Hall–Kier alpha value is -1.29. The zero-order valence-corrected chi connectivity index (χ0v) is 16.8. The maximum absolute atomic E-state index is 5.78. The first kappa shape index (κ1) is 20.0. The molecule has 0 aliphatic heterocycles. The van der Waals surface area contributed by atoms with Gasteiger partial charge >= 0.3 is 0 Å². The second-order valence-corrected chi connectivity index (χ2v) is 7.49. The molecule has 0 N–H and O–H groups in total. The van der Waals surface area contributed by atoms with Crippen LogP contribution in [0.5, 0.6) is 11.5 Å². The zero-order chi connectivity index (χ0) is 18.1. The molecule has 0 spiro atoms. The molecule has 0 bridgehead atoms. The number of aryl methyl sites for hydroxylation is 1. The molecule has 0 aliphatic rings. The summed E-state index contributed by atoms with van der Waals surface area (Å²) >= 11 is 13.0. The minimum absolute atomic E-state index is 0.222. The number of halogens is 2. The van der Waals surface area contributed by atoms with E-state index in [0.29, 0.717) is 13.2 Å². The summed E-state index contributed by atoms with van der Waals surface area (Å²) in [6.45, 7) is 5.19. The van der Waals surface area contributed by atoms with Crippen molar-refractivity contribution >= 4 is 35.0 Å². The van der Waals surface area contributed by atoms with E-state index in [2.05, 4.69) is 31.2 Å². The van der Waals surface area contributed by atoms with Gasteiger partial charge in [-0.15, -0.1) is 0 Å². The van der Waals surface area contributed by atoms with Crippen LogP contribution in [0.15, 0.2) is 62.8 Å². The van der Waals surface area contributed by atoms with Crippen molar-refractivity contribution in [2.24, 2.45) is 0 Å². The maximum Gasteiger partial charge on any atom is 0.123 e. The molecule has 0 fully saturated rings. The van der Waals surface area contributed by atoms with Gasteiger partial charge in [0, 0.05) is 9.79 Å². The van der Waals surface area contributed by atoms with Crippen LogP contribution in [0.1, 0.15) is 25.8 Å². The Morgan fingerprint density at radius 1 is 1.00 bits per heavy atom. The van der Waals surface area contributed by atoms with Gasteiger partial charge in [-0.05, 0) is 67.4 Å². The second-order valence-electron chi connectivity index (χ2n) is 5.33. The van der Waals surface area contributed by atoms with Gasteiger partial charge in [0.15, 0.2) is 0 Å². The Morgan fingerprint density at radius 2 is 1.72 bits per heavy atom. The minimum Gasteiger partial charge on any atom is -0.494 e. The summed E-state index contributed by atoms with van der Waals surface area (Å²) in [5, 5.41) is 0. The Labute approximate surface area is 164 Å². The Balaban J connectivity index is 2.10. The first-order valence-electron chi connectivity index (χ1n) is 8.30. The molecule has 0 saturated carbocycles. The van der Waals surface area contributed by atoms with E-state index in [-0.39, 0.29) is 4.49 Å². The molecule has 2 aromatic carbocycles. The normalized spacial score (nSPS) is 10.4. The lowest BCUT2D eigenvalue weighted by Gasteiger charge is -2.12. The number of hydrogen-bond donors (Lipinski definition) is 0. The molecule has 2 nitrogen and oxygen atoms in total. The SMILES string of the molecule is CCCc1cc(Sc2ccc(OCC)cc2)ccc1OCC=C(Cl)Cl. The van der Waals surface area contributed by atoms with Crippen molar-refractivity contribution in [2.75, 3.05) is 13.2 Å². The highest BCUT2D eigenvalue weighted by Gasteiger charge is 2.06. The van der Waals surface area contributed by atoms with Gasteiger partial charge in [-0.3, -0.25) is 0 Å². The van der Waals surface area contributed by atoms with Gasteiger partial charge in [-0.2, -0.15) is 0 Å². The van der Waals surface area contributed by atoms with Crippen molar-refractivity contribution in [3.8, 4) is 11.5 Å². The van der Waals surface area contributed by atoms with E-state index < -0.39 is 0 Å². The lowest BCUT2D eigenvalue weighted by molar-refractivity contribution is 0.340. The molecule has 25 heavy (non-hydrogen) atoms. The lowest BCUT2D eigenvalue weighted by atomic mass is 10.1. The third-order valence-electron chi connectivity index (χ3n) is 3.40. The number of hydrogen-bond acceptors (Lipinski definition) is 3. The summed E-state index contributed by atoms with van der Waals surface area (Å²) in [5.74, 6) is 1.78. The van der Waals surface area contributed by atoms with E-state index >= 15 is 0 Å². The molecular weight excluding hydrogens is 375 g/mol. The van der Waals surface area contributed by atoms with E-state index in [1.54, 1.807) is 17.8 Å². The van der Waals surface area contributed by atoms with Gasteiger partial charge in [-0.1, -0.05) is 48.3 Å². The fourth-order valence-corrected chi connectivity index (χ4v) is 3.33. The Morgan fingerprint density at radius 3 is 2.36 bits per heavy atom. The molecule has 0 heterocycles. The zero-order valence-electron chi connectivity index (χ0n) is 14.4. The predicted molar refractivity (Wildman–Crippen MR) is 107 cm³/mol. The molecule has 0 aliphatic carbocycles. The fourth-order valence-electron chi connectivity index (χ4n) is 2.33. The van der Waals surface area contributed by atoms with Crippen molar-refractivity contribution in [1.29, 1.82) is 0 Å². The second kappa shape index (κ2) is 10.6. The molecule has 2 rings (SSSR count). The van der Waals surface area contributed by atoms with E-state index in [0.717, 1.165) is 24.3 Å². The number of benzene rings is 2. The number of ether oxygens (including phenoxy) is 2. The monoisotopic (exact) mass is 396 g/mol. The van der Waals surface area contributed by atoms with Crippen LogP contribution in [0, 0.1) is 0 Å². The van der Waals surface area contributed by atoms with Crippen LogP contribution in [0.25, 0.3) is 0 Å². The molecular formula is C20H22Cl2O2S. The van der Waals surface area contributed by atoms with Crippen LogP contribution in [-0.2, 0) is 6.42 Å². The standard InChI is InChI=1S/C20H22Cl2O2S/c1-3-5-15-14-18(10-11-19(15)24-13-12-20(21)22)25-17-8-6-16(7-9-17)23-4-2/h6-12,14H,3-5,13H2,1-2H3. The Kier molecular flexibility index (Phi) is 8.53. The van der Waals surface area contributed by atoms with E-state index in [1.165, 1.54) is 15.4 Å². The molecule has 2 aromatic rings. The quantitative estimate of drug-likeness (QED) is 0.459. The van der Waals surface area contributed by atoms with Gasteiger partial charge in [0.05, 0.1) is 6.61 Å². The molecule has 5 heteroatoms. The average molecular weight is 397 g/mol. The van der Waals surface area contributed by atoms with Gasteiger partial charge in [0.25, 0.3) is 0 Å². The lowest BCUT2D eigenvalue weighted by Crippen LogP contribution is -1.98. The molecule has 0 atom stereocenters. The Bertz CT molecular complexity index is 695. The average Bonchev–Trinajstić information content (AvgIpc) is 2.59. The van der Waals surface area contributed by atoms with Crippen LogP contribution in [0.2, 0.25) is 0 Å². The maximum atomic E-state index is 5.78. The minimum atomic E-state index is 0.222. The predicted octanol–water partition coefficient (Wildman–Crippen LogP) is 6.89. The molecule has 0 amide bonds. The third-order valence-corrected chi connectivity index (χ3v) is 4.70. The highest BCUT2D eigenvalue weighted by molar-refractivity contribution is 7.99. The largest absolute Gasteiger partial charge is 0.494 e. The smallest absolute Gasteiger partial charge is 0.123 e. The fraction of sp³-hybridized carbons (Fsp3) is 0.300. The van der Waals surface area contributed by atoms with Crippen LogP contribution in [0.3, 0.4) is 0 Å². The van der Waals surface area contributed by atoms with Gasteiger partial charge < -0.3 is 9.47 Å². The summed E-state index contributed by atoms with van der Waals surface area (Å²) in [4.78, 5) is 2.36. The van der Waals surface area contributed by atoms with Crippen molar-refractivity contribution in [3.05, 3.63) is 58.6 Å². The molecule has 0 radical (unpaired) electrons. The van der Waals surface area contributed by atoms with Crippen LogP contribution in [0.4, 0.5) is 0 Å². The van der Waals surface area contributed by atoms with Crippen molar-refractivity contribution in [2.45, 2.75) is 36.5 Å². The first-order chi connectivity index (χ1) is 12.1. The van der Waals surface area contributed by atoms with Crippen LogP contribution < -0.4 is 9.47 Å². The molecule has 0 saturated heterocycles. The summed E-state index contributed by atoms with van der Waals surface area (Å²) in [7, 11) is 0. The molecule has 0 unspecified atom stereocenters. The topological polar surface area (TPSA) is 18.5 Å². The van der Waals surface area contributed by atoms with E-state index in [4.69, 9.17) is 32.7 Å². The van der Waals surface area contributed by atoms with Gasteiger partial charge in [-0.25, -0.2) is 0 Å². The molecule has 134 valence electrons. The highest BCUT2D eigenvalue weighted by atomic mass is 35.5. The molecule has 0 aromatic heterocycles. The van der Waals surface area contributed by atoms with Gasteiger partial charge in [0.2, 0.25) is 0 Å². The highest BCUT2D eigenvalue weighted by Crippen LogP contribution is 2.33. The van der Waals surface area contributed by atoms with Crippen molar-refractivity contribution in [1.82, 2.24) is 0 Å². The summed E-state index contributed by atoms with van der Waals surface area (Å²) < 4.78 is 11.5. The summed E-state index contributed by atoms with van der Waals surface area (Å²) in [6.07, 6.45) is 3.66. The van der Waals surface area contributed by atoms with Crippen molar-refractivity contribution < 1.29 is 9.47 Å². The van der Waals surface area contributed by atoms with Crippen LogP contribution in [-0.4, -0.2) is 13.2 Å². The van der Waals surface area contributed by atoms with E-state index in [1.807, 2.05) is 25.1 Å². The van der Waals surface area contributed by atoms with Crippen LogP contribution >= 0.6 is 35.0 Å². The number of rotatable bonds is 9. The van der Waals surface area contributed by atoms with Crippen molar-refractivity contribution in [3.63, 3.8) is 0 Å². The summed E-state index contributed by atoms with van der Waals surface area (Å²) in [5.41, 5.74) is 1.19.